The molecule has 0 spiro atoms. The van der Waals surface area contributed by atoms with Crippen molar-refractivity contribution in [1.82, 2.24) is 4.98 Å². The van der Waals surface area contributed by atoms with Gasteiger partial charge >= 0.3 is 0 Å². The Bertz CT molecular complexity index is 789. The highest BCUT2D eigenvalue weighted by Gasteiger charge is 2.04. The average molecular weight is 330 g/mol. The average Bonchev–Trinajstić information content (AvgIpc) is 2.88. The van der Waals surface area contributed by atoms with Gasteiger partial charge in [-0.3, -0.25) is 0 Å². The SMILES string of the molecule is N#Cc1cc(Br)ccc1Nc1ccc2ncsc2c1. The number of benzene rings is 2. The van der Waals surface area contributed by atoms with E-state index in [4.69, 9.17) is 5.26 Å². The summed E-state index contributed by atoms with van der Waals surface area (Å²) in [6, 6.07) is 13.8. The van der Waals surface area contributed by atoms with Gasteiger partial charge in [-0.05, 0) is 36.4 Å². The van der Waals surface area contributed by atoms with Gasteiger partial charge in [-0.1, -0.05) is 15.9 Å². The summed E-state index contributed by atoms with van der Waals surface area (Å²) < 4.78 is 2.02. The van der Waals surface area contributed by atoms with Gasteiger partial charge in [0.15, 0.2) is 0 Å². The van der Waals surface area contributed by atoms with Gasteiger partial charge in [0.25, 0.3) is 0 Å². The van der Waals surface area contributed by atoms with Crippen molar-refractivity contribution in [3.05, 3.63) is 51.9 Å². The van der Waals surface area contributed by atoms with E-state index in [1.807, 2.05) is 35.8 Å². The maximum atomic E-state index is 9.14. The molecular formula is C14H8BrN3S. The molecule has 0 fully saturated rings. The highest BCUT2D eigenvalue weighted by atomic mass is 79.9. The van der Waals surface area contributed by atoms with Crippen molar-refractivity contribution in [2.24, 2.45) is 0 Å². The Morgan fingerprint density at radius 1 is 1.21 bits per heavy atom. The smallest absolute Gasteiger partial charge is 0.101 e. The number of halogens is 1. The molecule has 3 nitrogen and oxygen atoms in total. The second-order valence-electron chi connectivity index (χ2n) is 3.96. The van der Waals surface area contributed by atoms with Crippen LogP contribution < -0.4 is 5.32 Å². The molecule has 92 valence electrons. The fraction of sp³-hybridized carbons (Fsp3) is 0. The van der Waals surface area contributed by atoms with Crippen LogP contribution in [0.2, 0.25) is 0 Å². The zero-order valence-electron chi connectivity index (χ0n) is 9.72. The maximum absolute atomic E-state index is 9.14. The zero-order valence-corrected chi connectivity index (χ0v) is 12.1. The Balaban J connectivity index is 1.98. The van der Waals surface area contributed by atoms with E-state index in [0.29, 0.717) is 5.56 Å². The molecular weight excluding hydrogens is 322 g/mol. The minimum Gasteiger partial charge on any atom is -0.354 e. The van der Waals surface area contributed by atoms with Crippen LogP contribution in [0.15, 0.2) is 46.4 Å². The Hall–Kier alpha value is -1.90. The van der Waals surface area contributed by atoms with Crippen molar-refractivity contribution >= 4 is 48.9 Å². The second kappa shape index (κ2) is 5.00. The van der Waals surface area contributed by atoms with Gasteiger partial charge in [-0.2, -0.15) is 5.26 Å². The molecule has 1 aromatic heterocycles. The summed E-state index contributed by atoms with van der Waals surface area (Å²) in [6.45, 7) is 0. The van der Waals surface area contributed by atoms with E-state index in [-0.39, 0.29) is 0 Å². The fourth-order valence-corrected chi connectivity index (χ4v) is 2.88. The van der Waals surface area contributed by atoms with Crippen molar-refractivity contribution in [1.29, 1.82) is 5.26 Å². The Morgan fingerprint density at radius 3 is 2.95 bits per heavy atom. The van der Waals surface area contributed by atoms with Crippen molar-refractivity contribution < 1.29 is 0 Å². The summed E-state index contributed by atoms with van der Waals surface area (Å²) in [5.41, 5.74) is 5.19. The molecule has 0 radical (unpaired) electrons. The van der Waals surface area contributed by atoms with Crippen LogP contribution in [0.25, 0.3) is 10.2 Å². The van der Waals surface area contributed by atoms with Gasteiger partial charge in [-0.15, -0.1) is 11.3 Å². The predicted molar refractivity (Wildman–Crippen MR) is 81.8 cm³/mol. The van der Waals surface area contributed by atoms with Crippen molar-refractivity contribution in [2.45, 2.75) is 0 Å². The van der Waals surface area contributed by atoms with Gasteiger partial charge in [0.2, 0.25) is 0 Å². The van der Waals surface area contributed by atoms with Gasteiger partial charge in [0.1, 0.15) is 6.07 Å². The van der Waals surface area contributed by atoms with Crippen molar-refractivity contribution in [3.8, 4) is 6.07 Å². The summed E-state index contributed by atoms with van der Waals surface area (Å²) in [7, 11) is 0. The highest BCUT2D eigenvalue weighted by molar-refractivity contribution is 9.10. The molecule has 0 saturated carbocycles. The van der Waals surface area contributed by atoms with Gasteiger partial charge in [-0.25, -0.2) is 4.98 Å². The minimum absolute atomic E-state index is 0.610. The quantitative estimate of drug-likeness (QED) is 0.742. The number of nitrogens with zero attached hydrogens (tertiary/aromatic N) is 2. The van der Waals surface area contributed by atoms with Crippen LogP contribution in [0, 0.1) is 11.3 Å². The molecule has 3 aromatic rings. The summed E-state index contributed by atoms with van der Waals surface area (Å²) in [4.78, 5) is 4.24. The lowest BCUT2D eigenvalue weighted by Crippen LogP contribution is -1.93. The van der Waals surface area contributed by atoms with Crippen LogP contribution in [-0.4, -0.2) is 4.98 Å². The molecule has 0 unspecified atom stereocenters. The largest absolute Gasteiger partial charge is 0.354 e. The number of nitriles is 1. The number of aromatic nitrogens is 1. The molecule has 1 heterocycles. The molecule has 5 heteroatoms. The van der Waals surface area contributed by atoms with Gasteiger partial charge in [0, 0.05) is 10.2 Å². The molecule has 1 N–H and O–H groups in total. The Kier molecular flexibility index (Phi) is 3.20. The van der Waals surface area contributed by atoms with Gasteiger partial charge < -0.3 is 5.32 Å². The molecule has 0 saturated heterocycles. The van der Waals surface area contributed by atoms with Crippen LogP contribution in [-0.2, 0) is 0 Å². The number of anilines is 2. The Morgan fingerprint density at radius 2 is 2.11 bits per heavy atom. The number of nitrogens with one attached hydrogen (secondary N) is 1. The molecule has 0 bridgehead atoms. The number of hydrogen-bond acceptors (Lipinski definition) is 4. The van der Waals surface area contributed by atoms with E-state index in [9.17, 15) is 0 Å². The molecule has 0 aliphatic heterocycles. The first-order valence-corrected chi connectivity index (χ1v) is 7.23. The highest BCUT2D eigenvalue weighted by Crippen LogP contribution is 2.27. The number of thiazole rings is 1. The second-order valence-corrected chi connectivity index (χ2v) is 5.76. The molecule has 0 aliphatic rings. The third kappa shape index (κ3) is 2.46. The van der Waals surface area contributed by atoms with Crippen LogP contribution in [0.5, 0.6) is 0 Å². The standard InChI is InChI=1S/C14H8BrN3S/c15-10-1-3-12(9(5-10)7-16)18-11-2-4-13-14(6-11)19-8-17-13/h1-6,8,18H. The zero-order chi connectivity index (χ0) is 13.2. The number of rotatable bonds is 2. The summed E-state index contributed by atoms with van der Waals surface area (Å²) in [5, 5.41) is 12.4. The van der Waals surface area contributed by atoms with Crippen LogP contribution in [0.1, 0.15) is 5.56 Å². The Labute approximate surface area is 122 Å². The summed E-state index contributed by atoms with van der Waals surface area (Å²) >= 11 is 4.97. The van der Waals surface area contributed by atoms with E-state index in [1.54, 1.807) is 17.4 Å². The first-order chi connectivity index (χ1) is 9.26. The summed E-state index contributed by atoms with van der Waals surface area (Å²) in [5.74, 6) is 0. The predicted octanol–water partition coefficient (Wildman–Crippen LogP) is 4.67. The van der Waals surface area contributed by atoms with E-state index in [2.05, 4.69) is 32.3 Å². The van der Waals surface area contributed by atoms with Crippen LogP contribution in [0.3, 0.4) is 0 Å². The summed E-state index contributed by atoms with van der Waals surface area (Å²) in [6.07, 6.45) is 0. The lowest BCUT2D eigenvalue weighted by molar-refractivity contribution is 1.45. The first-order valence-electron chi connectivity index (χ1n) is 5.56. The van der Waals surface area contributed by atoms with Crippen LogP contribution in [0.4, 0.5) is 11.4 Å². The lowest BCUT2D eigenvalue weighted by Gasteiger charge is -2.08. The minimum atomic E-state index is 0.610. The number of fused-ring (bicyclic) bond motifs is 1. The van der Waals surface area contributed by atoms with Gasteiger partial charge in [0.05, 0.1) is 27.0 Å². The normalized spacial score (nSPS) is 10.3. The molecule has 0 amide bonds. The third-order valence-electron chi connectivity index (χ3n) is 2.71. The lowest BCUT2D eigenvalue weighted by atomic mass is 10.2. The van der Waals surface area contributed by atoms with Crippen molar-refractivity contribution in [2.75, 3.05) is 5.32 Å². The monoisotopic (exact) mass is 329 g/mol. The topological polar surface area (TPSA) is 48.7 Å². The van der Waals surface area contributed by atoms with E-state index in [1.165, 1.54) is 0 Å². The third-order valence-corrected chi connectivity index (χ3v) is 4.00. The molecule has 3 rings (SSSR count). The molecule has 19 heavy (non-hydrogen) atoms. The molecule has 0 atom stereocenters. The fourth-order valence-electron chi connectivity index (χ4n) is 1.81. The van der Waals surface area contributed by atoms with Crippen LogP contribution >= 0.6 is 27.3 Å². The first kappa shape index (κ1) is 12.2. The van der Waals surface area contributed by atoms with E-state index < -0.39 is 0 Å². The van der Waals surface area contributed by atoms with E-state index in [0.717, 1.165) is 26.1 Å². The van der Waals surface area contributed by atoms with Crippen molar-refractivity contribution in [3.63, 3.8) is 0 Å². The molecule has 2 aromatic carbocycles. The molecule has 0 aliphatic carbocycles. The maximum Gasteiger partial charge on any atom is 0.101 e. The number of hydrogen-bond donors (Lipinski definition) is 1. The van der Waals surface area contributed by atoms with E-state index >= 15 is 0 Å².